The fraction of sp³-hybridized carbons (Fsp3) is 0.0909. The molecule has 1 aromatic heterocycles. The van der Waals surface area contributed by atoms with Gasteiger partial charge in [0.15, 0.2) is 0 Å². The predicted octanol–water partition coefficient (Wildman–Crippen LogP) is 0.618. The summed E-state index contributed by atoms with van der Waals surface area (Å²) in [6.07, 6.45) is 2.48. The molecule has 2 aromatic rings. The monoisotopic (exact) mass is 280 g/mol. The summed E-state index contributed by atoms with van der Waals surface area (Å²) in [5, 5.41) is 6.01. The number of carbonyl (C=O) groups is 1. The van der Waals surface area contributed by atoms with E-state index >= 15 is 0 Å². The zero-order valence-corrected chi connectivity index (χ0v) is 10.9. The topological polar surface area (TPSA) is 118 Å². The van der Waals surface area contributed by atoms with Crippen LogP contribution in [0.5, 0.6) is 0 Å². The molecule has 1 aromatic carbocycles. The molecule has 0 aliphatic heterocycles. The van der Waals surface area contributed by atoms with Gasteiger partial charge in [-0.3, -0.25) is 14.6 Å². The van der Waals surface area contributed by atoms with Crippen molar-refractivity contribution in [1.82, 2.24) is 10.2 Å². The van der Waals surface area contributed by atoms with Gasteiger partial charge in [0.05, 0.1) is 11.9 Å². The molecule has 7 nitrogen and oxygen atoms in total. The van der Waals surface area contributed by atoms with E-state index in [0.29, 0.717) is 16.8 Å². The second kappa shape index (κ2) is 4.73. The molecule has 4 N–H and O–H groups in total. The third-order valence-corrected chi connectivity index (χ3v) is 3.87. The van der Waals surface area contributed by atoms with Gasteiger partial charge in [0, 0.05) is 11.8 Å². The maximum Gasteiger partial charge on any atom is 0.265 e. The van der Waals surface area contributed by atoms with Crippen LogP contribution in [0.2, 0.25) is 0 Å². The van der Waals surface area contributed by atoms with Gasteiger partial charge in [-0.25, -0.2) is 8.42 Å². The van der Waals surface area contributed by atoms with Crippen LogP contribution in [0.1, 0.15) is 15.9 Å². The third kappa shape index (κ3) is 2.74. The van der Waals surface area contributed by atoms with Gasteiger partial charge >= 0.3 is 0 Å². The van der Waals surface area contributed by atoms with Crippen molar-refractivity contribution in [3.05, 3.63) is 41.7 Å². The van der Waals surface area contributed by atoms with Gasteiger partial charge in [-0.15, -0.1) is 0 Å². The number of benzene rings is 1. The van der Waals surface area contributed by atoms with Crippen LogP contribution in [0.25, 0.3) is 0 Å². The van der Waals surface area contributed by atoms with Crippen LogP contribution >= 0.6 is 0 Å². The predicted molar refractivity (Wildman–Crippen MR) is 69.1 cm³/mol. The smallest absolute Gasteiger partial charge is 0.265 e. The van der Waals surface area contributed by atoms with E-state index in [1.54, 1.807) is 6.92 Å². The van der Waals surface area contributed by atoms with Crippen LogP contribution in [0.3, 0.4) is 0 Å². The largest absolute Gasteiger partial charge is 0.366 e. The summed E-state index contributed by atoms with van der Waals surface area (Å²) < 4.78 is 26.4. The van der Waals surface area contributed by atoms with Crippen LogP contribution < -0.4 is 10.5 Å². The van der Waals surface area contributed by atoms with E-state index in [2.05, 4.69) is 14.9 Å². The highest BCUT2D eigenvalue weighted by molar-refractivity contribution is 7.92. The summed E-state index contributed by atoms with van der Waals surface area (Å²) >= 11 is 0. The molecule has 0 radical (unpaired) electrons. The molecule has 0 saturated heterocycles. The number of hydrogen-bond donors (Lipinski definition) is 3. The van der Waals surface area contributed by atoms with E-state index in [9.17, 15) is 13.2 Å². The lowest BCUT2D eigenvalue weighted by Crippen LogP contribution is -2.14. The molecule has 0 spiro atoms. The van der Waals surface area contributed by atoms with E-state index in [-0.39, 0.29) is 4.90 Å². The summed E-state index contributed by atoms with van der Waals surface area (Å²) in [6.45, 7) is 1.68. The van der Waals surface area contributed by atoms with Crippen LogP contribution in [-0.2, 0) is 10.0 Å². The lowest BCUT2D eigenvalue weighted by Gasteiger charge is -2.09. The maximum absolute atomic E-state index is 12.0. The zero-order valence-electron chi connectivity index (χ0n) is 10.0. The molecule has 0 aliphatic carbocycles. The third-order valence-electron chi connectivity index (χ3n) is 2.54. The Balaban J connectivity index is 2.32. The lowest BCUT2D eigenvalue weighted by molar-refractivity contribution is 0.1000. The SMILES string of the molecule is Cc1cc(C(N)=O)ccc1NS(=O)(=O)c1cn[nH]c1. The first-order valence-corrected chi connectivity index (χ1v) is 6.80. The van der Waals surface area contributed by atoms with E-state index in [0.717, 1.165) is 0 Å². The fourth-order valence-electron chi connectivity index (χ4n) is 1.52. The van der Waals surface area contributed by atoms with Crippen LogP contribution in [0.4, 0.5) is 5.69 Å². The zero-order chi connectivity index (χ0) is 14.0. The average molecular weight is 280 g/mol. The number of H-pyrrole nitrogens is 1. The van der Waals surface area contributed by atoms with Crippen molar-refractivity contribution in [3.8, 4) is 0 Å². The number of nitrogens with two attached hydrogens (primary N) is 1. The Morgan fingerprint density at radius 3 is 2.68 bits per heavy atom. The normalized spacial score (nSPS) is 11.2. The van der Waals surface area contributed by atoms with Crippen LogP contribution in [-0.4, -0.2) is 24.5 Å². The van der Waals surface area contributed by atoms with E-state index in [4.69, 9.17) is 5.73 Å². The molecule has 19 heavy (non-hydrogen) atoms. The number of hydrogen-bond acceptors (Lipinski definition) is 4. The number of carbonyl (C=O) groups excluding carboxylic acids is 1. The van der Waals surface area contributed by atoms with Gasteiger partial charge in [0.1, 0.15) is 4.90 Å². The Hall–Kier alpha value is -2.35. The summed E-state index contributed by atoms with van der Waals surface area (Å²) in [6, 6.07) is 4.48. The number of aromatic nitrogens is 2. The Bertz CT molecular complexity index is 708. The molecule has 0 aliphatic rings. The van der Waals surface area contributed by atoms with Gasteiger partial charge in [-0.05, 0) is 30.7 Å². The summed E-state index contributed by atoms with van der Waals surface area (Å²) in [5.41, 5.74) is 6.45. The molecule has 1 heterocycles. The highest BCUT2D eigenvalue weighted by atomic mass is 32.2. The molecule has 0 atom stereocenters. The summed E-state index contributed by atoms with van der Waals surface area (Å²) in [5.74, 6) is -0.563. The van der Waals surface area contributed by atoms with Crippen molar-refractivity contribution in [2.24, 2.45) is 5.73 Å². The first-order valence-electron chi connectivity index (χ1n) is 5.32. The van der Waals surface area contributed by atoms with Gasteiger partial charge in [-0.2, -0.15) is 5.10 Å². The minimum absolute atomic E-state index is 0.0332. The molecular weight excluding hydrogens is 268 g/mol. The van der Waals surface area contributed by atoms with Crippen LogP contribution in [0, 0.1) is 6.92 Å². The number of aromatic amines is 1. The molecule has 100 valence electrons. The van der Waals surface area contributed by atoms with Crippen molar-refractivity contribution in [1.29, 1.82) is 0 Å². The van der Waals surface area contributed by atoms with Gasteiger partial charge in [0.25, 0.3) is 10.0 Å². The van der Waals surface area contributed by atoms with Gasteiger partial charge in [0.2, 0.25) is 5.91 Å². The van der Waals surface area contributed by atoms with Crippen molar-refractivity contribution in [2.75, 3.05) is 4.72 Å². The van der Waals surface area contributed by atoms with Gasteiger partial charge < -0.3 is 5.73 Å². The molecule has 0 bridgehead atoms. The number of amides is 1. The van der Waals surface area contributed by atoms with Crippen LogP contribution in [0.15, 0.2) is 35.5 Å². The van der Waals surface area contributed by atoms with E-state index in [1.165, 1.54) is 30.6 Å². The van der Waals surface area contributed by atoms with Crippen molar-refractivity contribution in [2.45, 2.75) is 11.8 Å². The number of aryl methyl sites for hydroxylation is 1. The highest BCUT2D eigenvalue weighted by Crippen LogP contribution is 2.20. The Kier molecular flexibility index (Phi) is 3.26. The second-order valence-electron chi connectivity index (χ2n) is 3.93. The maximum atomic E-state index is 12.0. The van der Waals surface area contributed by atoms with Crippen molar-refractivity contribution in [3.63, 3.8) is 0 Å². The highest BCUT2D eigenvalue weighted by Gasteiger charge is 2.16. The standard InChI is InChI=1S/C11H12N4O3S/c1-7-4-8(11(12)16)2-3-10(7)15-19(17,18)9-5-13-14-6-9/h2-6,15H,1H3,(H2,12,16)(H,13,14). The molecule has 8 heteroatoms. The Morgan fingerprint density at radius 2 is 2.16 bits per heavy atom. The average Bonchev–Trinajstić information content (AvgIpc) is 2.85. The number of primary amides is 1. The van der Waals surface area contributed by atoms with Gasteiger partial charge in [-0.1, -0.05) is 0 Å². The van der Waals surface area contributed by atoms with E-state index < -0.39 is 15.9 Å². The number of nitrogens with one attached hydrogen (secondary N) is 2. The minimum atomic E-state index is -3.69. The molecule has 0 saturated carbocycles. The first-order chi connectivity index (χ1) is 8.90. The van der Waals surface area contributed by atoms with Crippen molar-refractivity contribution < 1.29 is 13.2 Å². The molecule has 1 amide bonds. The van der Waals surface area contributed by atoms with Crippen molar-refractivity contribution >= 4 is 21.6 Å². The molecule has 2 rings (SSSR count). The number of nitrogens with zero attached hydrogens (tertiary/aromatic N) is 1. The number of sulfonamides is 1. The first kappa shape index (κ1) is 13.1. The quantitative estimate of drug-likeness (QED) is 0.760. The lowest BCUT2D eigenvalue weighted by atomic mass is 10.1. The molecule has 0 unspecified atom stereocenters. The second-order valence-corrected chi connectivity index (χ2v) is 5.62. The molecular formula is C11H12N4O3S. The minimum Gasteiger partial charge on any atom is -0.366 e. The summed E-state index contributed by atoms with van der Waals surface area (Å²) in [4.78, 5) is 11.0. The summed E-state index contributed by atoms with van der Waals surface area (Å²) in [7, 11) is -3.69. The fourth-order valence-corrected chi connectivity index (χ4v) is 2.56. The van der Waals surface area contributed by atoms with E-state index in [1.807, 2.05) is 0 Å². The number of anilines is 1. The number of rotatable bonds is 4. The Morgan fingerprint density at radius 1 is 1.42 bits per heavy atom. The Labute approximate surface area is 109 Å². The molecule has 0 fully saturated rings.